The highest BCUT2D eigenvalue weighted by Crippen LogP contribution is 1.92. The first kappa shape index (κ1) is 12.7. The van der Waals surface area contributed by atoms with Crippen LogP contribution in [0.1, 0.15) is 26.2 Å². The van der Waals surface area contributed by atoms with Gasteiger partial charge in [0.1, 0.15) is 0 Å². The number of esters is 1. The summed E-state index contributed by atoms with van der Waals surface area (Å²) in [7, 11) is 1.25. The number of hydrogen-bond acceptors (Lipinski definition) is 3. The highest BCUT2D eigenvalue weighted by molar-refractivity contribution is 6.20. The maximum atomic E-state index is 11.0. The number of carbonyl (C=O) groups excluding carboxylic acids is 1. The second kappa shape index (κ2) is 8.29. The lowest BCUT2D eigenvalue weighted by Gasteiger charge is -2.01. The van der Waals surface area contributed by atoms with Crippen molar-refractivity contribution in [3.63, 3.8) is 0 Å². The first-order valence-electron chi connectivity index (χ1n) is 4.72. The zero-order chi connectivity index (χ0) is 10.8. The van der Waals surface area contributed by atoms with Gasteiger partial charge in [-0.1, -0.05) is 19.1 Å². The van der Waals surface area contributed by atoms with E-state index in [0.29, 0.717) is 11.3 Å². The van der Waals surface area contributed by atoms with Crippen molar-refractivity contribution >= 4 is 12.2 Å². The number of carbonyl (C=O) groups is 1. The van der Waals surface area contributed by atoms with E-state index in [1.165, 1.54) is 7.11 Å². The van der Waals surface area contributed by atoms with Crippen molar-refractivity contribution in [2.45, 2.75) is 26.2 Å². The Morgan fingerprint density at radius 3 is 2.79 bits per heavy atom. The fourth-order valence-corrected chi connectivity index (χ4v) is 0.884. The highest BCUT2D eigenvalue weighted by Gasteiger charge is 2.00. The van der Waals surface area contributed by atoms with Gasteiger partial charge in [-0.2, -0.15) is 0 Å². The molecule has 0 spiro atoms. The SMILES string of the molecule is CC/C=C\CCC/[N+]([O-])=C/C(=O)OC. The Morgan fingerprint density at radius 2 is 2.21 bits per heavy atom. The third-order valence-corrected chi connectivity index (χ3v) is 1.60. The van der Waals surface area contributed by atoms with Crippen molar-refractivity contribution in [1.29, 1.82) is 0 Å². The molecule has 4 heteroatoms. The molecule has 0 aliphatic rings. The third-order valence-electron chi connectivity index (χ3n) is 1.60. The molecule has 0 atom stereocenters. The molecule has 0 fully saturated rings. The molecule has 0 aliphatic heterocycles. The molecule has 0 N–H and O–H groups in total. The highest BCUT2D eigenvalue weighted by atomic mass is 16.5. The van der Waals surface area contributed by atoms with Crippen molar-refractivity contribution < 1.29 is 14.3 Å². The van der Waals surface area contributed by atoms with Gasteiger partial charge in [-0.15, -0.1) is 0 Å². The van der Waals surface area contributed by atoms with Crippen LogP contribution in [0, 0.1) is 5.21 Å². The number of rotatable bonds is 6. The maximum Gasteiger partial charge on any atom is 0.396 e. The Kier molecular flexibility index (Phi) is 7.50. The van der Waals surface area contributed by atoms with E-state index < -0.39 is 5.97 Å². The van der Waals surface area contributed by atoms with Crippen LogP contribution in [0.3, 0.4) is 0 Å². The third kappa shape index (κ3) is 7.34. The van der Waals surface area contributed by atoms with Crippen molar-refractivity contribution in [2.24, 2.45) is 0 Å². The van der Waals surface area contributed by atoms with E-state index in [9.17, 15) is 10.0 Å². The minimum Gasteiger partial charge on any atom is -0.624 e. The lowest BCUT2D eigenvalue weighted by atomic mass is 10.3. The summed E-state index contributed by atoms with van der Waals surface area (Å²) >= 11 is 0. The Morgan fingerprint density at radius 1 is 1.50 bits per heavy atom. The maximum absolute atomic E-state index is 11.0. The van der Waals surface area contributed by atoms with Crippen molar-refractivity contribution in [3.05, 3.63) is 17.4 Å². The number of methoxy groups -OCH3 is 1. The van der Waals surface area contributed by atoms with Crippen LogP contribution in [0.15, 0.2) is 12.2 Å². The molecule has 0 saturated carbocycles. The summed E-state index contributed by atoms with van der Waals surface area (Å²) < 4.78 is 4.92. The zero-order valence-electron chi connectivity index (χ0n) is 8.73. The molecule has 0 heterocycles. The van der Waals surface area contributed by atoms with E-state index in [1.54, 1.807) is 0 Å². The number of hydroxylamine groups is 1. The zero-order valence-corrected chi connectivity index (χ0v) is 8.73. The number of hydrogen-bond donors (Lipinski definition) is 0. The van der Waals surface area contributed by atoms with Gasteiger partial charge in [0.15, 0.2) is 6.54 Å². The summed E-state index contributed by atoms with van der Waals surface area (Å²) in [6, 6.07) is 0. The van der Waals surface area contributed by atoms with Crippen molar-refractivity contribution in [1.82, 2.24) is 0 Å². The smallest absolute Gasteiger partial charge is 0.396 e. The fourth-order valence-electron chi connectivity index (χ4n) is 0.884. The van der Waals surface area contributed by atoms with E-state index in [2.05, 4.69) is 17.7 Å². The minimum atomic E-state index is -0.607. The van der Waals surface area contributed by atoms with Gasteiger partial charge in [0.25, 0.3) is 6.21 Å². The van der Waals surface area contributed by atoms with Gasteiger partial charge >= 0.3 is 5.97 Å². The molecule has 0 saturated heterocycles. The molecule has 0 unspecified atom stereocenters. The molecular formula is C10H17NO3. The van der Waals surface area contributed by atoms with Crippen LogP contribution in [-0.4, -0.2) is 30.6 Å². The monoisotopic (exact) mass is 199 g/mol. The van der Waals surface area contributed by atoms with Crippen LogP contribution in [-0.2, 0) is 9.53 Å². The second-order valence-electron chi connectivity index (χ2n) is 2.81. The summed E-state index contributed by atoms with van der Waals surface area (Å²) in [5.74, 6) is -0.607. The lowest BCUT2D eigenvalue weighted by Crippen LogP contribution is -2.14. The van der Waals surface area contributed by atoms with Crippen LogP contribution in [0.25, 0.3) is 0 Å². The molecule has 0 bridgehead atoms. The summed E-state index contributed by atoms with van der Waals surface area (Å²) in [4.78, 5) is 10.6. The van der Waals surface area contributed by atoms with Gasteiger partial charge in [0.2, 0.25) is 0 Å². The van der Waals surface area contributed by atoms with Gasteiger partial charge in [0.05, 0.1) is 7.11 Å². The molecule has 0 aromatic carbocycles. The summed E-state index contributed by atoms with van der Waals surface area (Å²) in [6.45, 7) is 2.38. The Hall–Kier alpha value is -1.32. The first-order valence-corrected chi connectivity index (χ1v) is 4.72. The molecule has 14 heavy (non-hydrogen) atoms. The Bertz CT molecular complexity index is 221. The van der Waals surface area contributed by atoms with E-state index in [-0.39, 0.29) is 0 Å². The summed E-state index contributed by atoms with van der Waals surface area (Å²) in [5.41, 5.74) is 0. The molecule has 0 aromatic rings. The molecule has 0 aromatic heterocycles. The Labute approximate surface area is 84.5 Å². The largest absolute Gasteiger partial charge is 0.624 e. The van der Waals surface area contributed by atoms with Crippen LogP contribution in [0.5, 0.6) is 0 Å². The van der Waals surface area contributed by atoms with Crippen LogP contribution >= 0.6 is 0 Å². The number of unbranched alkanes of at least 4 members (excludes halogenated alkanes) is 1. The van der Waals surface area contributed by atoms with Gasteiger partial charge in [-0.05, 0) is 12.8 Å². The average Bonchev–Trinajstić information content (AvgIpc) is 2.17. The Balaban J connectivity index is 3.63. The number of ether oxygens (including phenoxy) is 1. The molecule has 0 amide bonds. The predicted octanol–water partition coefficient (Wildman–Crippen LogP) is 1.49. The average molecular weight is 199 g/mol. The van der Waals surface area contributed by atoms with Gasteiger partial charge in [-0.25, -0.2) is 9.53 Å². The topological polar surface area (TPSA) is 52.4 Å². The first-order chi connectivity index (χ1) is 6.70. The van der Waals surface area contributed by atoms with E-state index in [1.807, 2.05) is 6.08 Å². The quantitative estimate of drug-likeness (QED) is 0.124. The van der Waals surface area contributed by atoms with E-state index in [4.69, 9.17) is 0 Å². The fraction of sp³-hybridized carbons (Fsp3) is 0.600. The standard InChI is InChI=1S/C10H17NO3/c1-3-4-5-6-7-8-11(13)9-10(12)14-2/h4-5,9H,3,6-8H2,1-2H3/b5-4-,11-9-. The van der Waals surface area contributed by atoms with Crippen molar-refractivity contribution in [3.8, 4) is 0 Å². The summed E-state index contributed by atoms with van der Waals surface area (Å²) in [6.07, 6.45) is 7.62. The normalized spacial score (nSPS) is 12.0. The van der Waals surface area contributed by atoms with Gasteiger partial charge < -0.3 is 9.94 Å². The van der Waals surface area contributed by atoms with Crippen LogP contribution < -0.4 is 0 Å². The molecule has 0 aliphatic carbocycles. The van der Waals surface area contributed by atoms with Crippen molar-refractivity contribution in [2.75, 3.05) is 13.7 Å². The van der Waals surface area contributed by atoms with E-state index in [0.717, 1.165) is 25.5 Å². The minimum absolute atomic E-state index is 0.323. The molecule has 0 radical (unpaired) electrons. The molecule has 80 valence electrons. The van der Waals surface area contributed by atoms with Crippen LogP contribution in [0.2, 0.25) is 0 Å². The molecule has 4 nitrogen and oxygen atoms in total. The second-order valence-corrected chi connectivity index (χ2v) is 2.81. The predicted molar refractivity (Wildman–Crippen MR) is 55.2 cm³/mol. The number of nitrogens with zero attached hydrogens (tertiary/aromatic N) is 1. The van der Waals surface area contributed by atoms with E-state index >= 15 is 0 Å². The number of allylic oxidation sites excluding steroid dienone is 2. The van der Waals surface area contributed by atoms with Crippen LogP contribution in [0.4, 0.5) is 0 Å². The van der Waals surface area contributed by atoms with Gasteiger partial charge in [0, 0.05) is 6.42 Å². The van der Waals surface area contributed by atoms with Gasteiger partial charge in [-0.3, -0.25) is 0 Å². The molecule has 0 rings (SSSR count). The lowest BCUT2D eigenvalue weighted by molar-refractivity contribution is -0.452. The summed E-state index contributed by atoms with van der Waals surface area (Å²) in [5, 5.41) is 11.0. The molecular weight excluding hydrogens is 182 g/mol.